The number of hydrogen-bond acceptors (Lipinski definition) is 5. The Labute approximate surface area is 547 Å². The zero-order chi connectivity index (χ0) is 64.1. The second-order valence-corrected chi connectivity index (χ2v) is 28.1. The van der Waals surface area contributed by atoms with Gasteiger partial charge in [0.15, 0.2) is 0 Å². The van der Waals surface area contributed by atoms with Crippen LogP contribution in [0.1, 0.15) is 348 Å². The molecule has 8 nitrogen and oxygen atoms in total. The molecule has 0 radical (unpaired) electrons. The SMILES string of the molecule is CC/C=C\C/C=C\C/C=C\C/C=C\C/C=C\C/C=C\C/C=C\C/C=C\CCCCCCCCCCCCCCCCCCC(=O)NC(COP(=O)(O)OCC[N+](C)(C)C)C(O)CCCCCCCCCCCCCCCCCCCCCCCCCCC. The van der Waals surface area contributed by atoms with E-state index in [0.717, 1.165) is 89.9 Å². The normalized spacial score (nSPS) is 14.1. The second kappa shape index (κ2) is 68.8. The van der Waals surface area contributed by atoms with Gasteiger partial charge in [-0.05, 0) is 77.0 Å². The number of hydrogen-bond donors (Lipinski definition) is 3. The molecule has 512 valence electrons. The Balaban J connectivity index is 3.98. The van der Waals surface area contributed by atoms with Crippen LogP contribution in [0.4, 0.5) is 0 Å². The van der Waals surface area contributed by atoms with Crippen LogP contribution in [0, 0.1) is 0 Å². The quantitative estimate of drug-likeness (QED) is 0.0243. The van der Waals surface area contributed by atoms with Gasteiger partial charge in [-0.2, -0.15) is 0 Å². The summed E-state index contributed by atoms with van der Waals surface area (Å²) in [4.78, 5) is 23.5. The molecule has 88 heavy (non-hydrogen) atoms. The van der Waals surface area contributed by atoms with Crippen molar-refractivity contribution in [1.82, 2.24) is 5.32 Å². The Morgan fingerprint density at radius 3 is 1.00 bits per heavy atom. The molecule has 0 saturated heterocycles. The predicted molar refractivity (Wildman–Crippen MR) is 387 cm³/mol. The molecule has 0 aliphatic rings. The second-order valence-electron chi connectivity index (χ2n) is 26.7. The summed E-state index contributed by atoms with van der Waals surface area (Å²) in [6, 6.07) is -0.766. The van der Waals surface area contributed by atoms with Crippen LogP contribution in [-0.2, 0) is 18.4 Å². The lowest BCUT2D eigenvalue weighted by Crippen LogP contribution is -2.46. The molecule has 3 atom stereocenters. The number of phosphoric acid groups is 1. The van der Waals surface area contributed by atoms with Crippen LogP contribution in [0.5, 0.6) is 0 Å². The van der Waals surface area contributed by atoms with E-state index in [2.05, 4.69) is 116 Å². The van der Waals surface area contributed by atoms with Crippen LogP contribution in [0.2, 0.25) is 0 Å². The highest BCUT2D eigenvalue weighted by Gasteiger charge is 2.28. The smallest absolute Gasteiger partial charge is 0.391 e. The molecule has 0 spiro atoms. The van der Waals surface area contributed by atoms with Gasteiger partial charge in [-0.25, -0.2) is 4.57 Å². The molecule has 0 saturated carbocycles. The van der Waals surface area contributed by atoms with Crippen molar-refractivity contribution in [1.29, 1.82) is 0 Å². The van der Waals surface area contributed by atoms with E-state index in [9.17, 15) is 19.4 Å². The molecule has 3 unspecified atom stereocenters. The molecular formula is C79H146N2O6P+. The third kappa shape index (κ3) is 70.9. The van der Waals surface area contributed by atoms with Gasteiger partial charge in [0.25, 0.3) is 0 Å². The number of quaternary nitrogens is 1. The number of nitrogens with zero attached hydrogens (tertiary/aromatic N) is 1. The van der Waals surface area contributed by atoms with Crippen molar-refractivity contribution >= 4 is 13.7 Å². The van der Waals surface area contributed by atoms with Gasteiger partial charge in [0, 0.05) is 6.42 Å². The summed E-state index contributed by atoms with van der Waals surface area (Å²) >= 11 is 0. The molecule has 0 heterocycles. The number of unbranched alkanes of at least 4 members (excludes halogenated alkanes) is 40. The number of aliphatic hydroxyl groups is 1. The first-order valence-corrected chi connectivity index (χ1v) is 39.1. The van der Waals surface area contributed by atoms with Gasteiger partial charge in [0.05, 0.1) is 39.9 Å². The molecule has 0 aromatic carbocycles. The molecule has 0 fully saturated rings. The molecule has 9 heteroatoms. The van der Waals surface area contributed by atoms with E-state index >= 15 is 0 Å². The molecule has 0 aromatic heterocycles. The average molecular weight is 1250 g/mol. The number of aliphatic hydroxyl groups excluding tert-OH is 1. The van der Waals surface area contributed by atoms with Crippen molar-refractivity contribution in [2.75, 3.05) is 40.9 Å². The lowest BCUT2D eigenvalue weighted by atomic mass is 10.0. The highest BCUT2D eigenvalue weighted by Crippen LogP contribution is 2.43. The van der Waals surface area contributed by atoms with Crippen molar-refractivity contribution in [3.8, 4) is 0 Å². The topological polar surface area (TPSA) is 105 Å². The van der Waals surface area contributed by atoms with E-state index in [-0.39, 0.29) is 19.1 Å². The first kappa shape index (κ1) is 85.4. The van der Waals surface area contributed by atoms with E-state index < -0.39 is 20.0 Å². The minimum atomic E-state index is -4.34. The minimum absolute atomic E-state index is 0.0734. The monoisotopic (exact) mass is 1250 g/mol. The third-order valence-corrected chi connectivity index (χ3v) is 17.8. The Morgan fingerprint density at radius 2 is 0.682 bits per heavy atom. The zero-order valence-electron chi connectivity index (χ0n) is 58.7. The standard InChI is InChI=1S/C79H145N2O6P/c1-6-8-10-12-14-16-18-20-22-24-26-28-30-32-33-34-35-36-37-38-39-40-41-42-43-44-45-46-47-49-51-53-55-57-59-61-63-65-67-69-71-73-79(83)80-77(76-87-88(84,85)86-75-74-81(3,4)5)78(82)72-70-68-66-64-62-60-58-56-54-52-50-48-31-29-27-25-23-21-19-17-15-13-11-9-7-2/h8,10,14,16,20,22,26,28,32-33,35-36,38-39,41-42,77-78,82H,6-7,9,11-13,15,17-19,21,23-25,27,29-31,34,37,40,43-76H2,1-5H3,(H-,80,83,84,85)/p+1/b10-8-,16-14-,22-20-,28-26-,33-32-,36-35-,39-38-,42-41-. The van der Waals surface area contributed by atoms with Gasteiger partial charge in [-0.1, -0.05) is 361 Å². The average Bonchev–Trinajstić information content (AvgIpc) is 3.71. The summed E-state index contributed by atoms with van der Waals surface area (Å²) in [7, 11) is 1.62. The Morgan fingerprint density at radius 1 is 0.398 bits per heavy atom. The first-order valence-electron chi connectivity index (χ1n) is 37.6. The van der Waals surface area contributed by atoms with Crippen LogP contribution < -0.4 is 5.32 Å². The fourth-order valence-corrected chi connectivity index (χ4v) is 11.8. The number of likely N-dealkylation sites (N-methyl/N-ethyl adjacent to an activating group) is 1. The maximum atomic E-state index is 13.1. The Hall–Kier alpha value is -2.58. The molecule has 1 amide bonds. The summed E-state index contributed by atoms with van der Waals surface area (Å²) in [6.07, 6.45) is 99.5. The fraction of sp³-hybridized carbons (Fsp3) is 0.785. The van der Waals surface area contributed by atoms with Gasteiger partial charge >= 0.3 is 7.82 Å². The van der Waals surface area contributed by atoms with Gasteiger partial charge < -0.3 is 19.8 Å². The van der Waals surface area contributed by atoms with Crippen LogP contribution in [0.25, 0.3) is 0 Å². The number of nitrogens with one attached hydrogen (secondary N) is 1. The number of amides is 1. The highest BCUT2D eigenvalue weighted by molar-refractivity contribution is 7.47. The van der Waals surface area contributed by atoms with E-state index in [1.54, 1.807) is 0 Å². The van der Waals surface area contributed by atoms with Crippen molar-refractivity contribution < 1.29 is 32.9 Å². The van der Waals surface area contributed by atoms with E-state index in [4.69, 9.17) is 9.05 Å². The van der Waals surface area contributed by atoms with E-state index in [1.807, 2.05) is 21.1 Å². The van der Waals surface area contributed by atoms with Crippen molar-refractivity contribution in [3.63, 3.8) is 0 Å². The molecule has 0 aliphatic carbocycles. The van der Waals surface area contributed by atoms with Crippen LogP contribution in [0.3, 0.4) is 0 Å². The third-order valence-electron chi connectivity index (χ3n) is 16.8. The predicted octanol–water partition coefficient (Wildman–Crippen LogP) is 24.4. The van der Waals surface area contributed by atoms with Gasteiger partial charge in [-0.15, -0.1) is 0 Å². The summed E-state index contributed by atoms with van der Waals surface area (Å²) in [5.74, 6) is -0.141. The number of phosphoric ester groups is 1. The van der Waals surface area contributed by atoms with Crippen LogP contribution >= 0.6 is 7.82 Å². The van der Waals surface area contributed by atoms with E-state index in [0.29, 0.717) is 23.9 Å². The molecule has 3 N–H and O–H groups in total. The van der Waals surface area contributed by atoms with Gasteiger partial charge in [-0.3, -0.25) is 13.8 Å². The van der Waals surface area contributed by atoms with Crippen molar-refractivity contribution in [2.45, 2.75) is 360 Å². The van der Waals surface area contributed by atoms with Crippen molar-refractivity contribution in [2.24, 2.45) is 0 Å². The van der Waals surface area contributed by atoms with Crippen LogP contribution in [-0.4, -0.2) is 73.4 Å². The Kier molecular flexibility index (Phi) is 66.8. The summed E-state index contributed by atoms with van der Waals surface area (Å²) < 4.78 is 23.9. The lowest BCUT2D eigenvalue weighted by Gasteiger charge is -2.26. The first-order chi connectivity index (χ1) is 43.0. The summed E-state index contributed by atoms with van der Waals surface area (Å²) in [5, 5.41) is 14.2. The Bertz CT molecular complexity index is 1760. The summed E-state index contributed by atoms with van der Waals surface area (Å²) in [6.45, 7) is 4.81. The maximum absolute atomic E-state index is 13.1. The van der Waals surface area contributed by atoms with Gasteiger partial charge in [0.2, 0.25) is 5.91 Å². The zero-order valence-corrected chi connectivity index (χ0v) is 59.6. The maximum Gasteiger partial charge on any atom is 0.472 e. The molecule has 0 rings (SSSR count). The minimum Gasteiger partial charge on any atom is -0.391 e. The highest BCUT2D eigenvalue weighted by atomic mass is 31.2. The number of carbonyl (C=O) groups is 1. The largest absolute Gasteiger partial charge is 0.472 e. The summed E-state index contributed by atoms with van der Waals surface area (Å²) in [5.41, 5.74) is 0. The number of carbonyl (C=O) groups excluding carboxylic acids is 1. The lowest BCUT2D eigenvalue weighted by molar-refractivity contribution is -0.870. The van der Waals surface area contributed by atoms with E-state index in [1.165, 1.54) is 231 Å². The fourth-order valence-electron chi connectivity index (χ4n) is 11.1. The molecule has 0 bridgehead atoms. The van der Waals surface area contributed by atoms with Gasteiger partial charge in [0.1, 0.15) is 13.2 Å². The molecular weight excluding hydrogens is 1100 g/mol. The number of rotatable bonds is 69. The van der Waals surface area contributed by atoms with Crippen LogP contribution in [0.15, 0.2) is 97.2 Å². The molecule has 0 aliphatic heterocycles. The molecule has 0 aromatic rings. The number of allylic oxidation sites excluding steroid dienone is 16. The van der Waals surface area contributed by atoms with Crippen molar-refractivity contribution in [3.05, 3.63) is 97.2 Å².